The van der Waals surface area contributed by atoms with E-state index >= 15 is 0 Å². The number of thiazole rings is 1. The maximum Gasteiger partial charge on any atom is 0.419 e. The summed E-state index contributed by atoms with van der Waals surface area (Å²) in [6, 6.07) is 15.6. The van der Waals surface area contributed by atoms with Gasteiger partial charge in [0, 0.05) is 19.5 Å². The SMILES string of the molecule is O=C(CCCn1c(=O)oc2ccccc21)N1CCCCC1c1nc2ccccc2s1. The maximum absolute atomic E-state index is 13.1. The van der Waals surface area contributed by atoms with E-state index in [1.54, 1.807) is 22.0 Å². The van der Waals surface area contributed by atoms with E-state index in [2.05, 4.69) is 6.07 Å². The van der Waals surface area contributed by atoms with Gasteiger partial charge in [0.05, 0.1) is 21.8 Å². The van der Waals surface area contributed by atoms with Crippen molar-refractivity contribution in [1.82, 2.24) is 14.5 Å². The van der Waals surface area contributed by atoms with E-state index in [1.807, 2.05) is 41.3 Å². The highest BCUT2D eigenvalue weighted by atomic mass is 32.1. The zero-order chi connectivity index (χ0) is 20.5. The first-order chi connectivity index (χ1) is 14.7. The van der Waals surface area contributed by atoms with Crippen LogP contribution in [0.15, 0.2) is 57.7 Å². The minimum atomic E-state index is -0.367. The molecule has 0 bridgehead atoms. The number of carbonyl (C=O) groups is 1. The van der Waals surface area contributed by atoms with Crippen molar-refractivity contribution in [3.63, 3.8) is 0 Å². The zero-order valence-corrected chi connectivity index (χ0v) is 17.4. The van der Waals surface area contributed by atoms with Gasteiger partial charge in [-0.15, -0.1) is 11.3 Å². The molecule has 6 nitrogen and oxygen atoms in total. The Balaban J connectivity index is 1.29. The molecular weight excluding hydrogens is 398 g/mol. The fraction of sp³-hybridized carbons (Fsp3) is 0.348. The predicted molar refractivity (Wildman–Crippen MR) is 118 cm³/mol. The number of para-hydroxylation sites is 3. The van der Waals surface area contributed by atoms with Crippen molar-refractivity contribution in [3.8, 4) is 0 Å². The summed E-state index contributed by atoms with van der Waals surface area (Å²) in [5.74, 6) is -0.228. The molecule has 3 heterocycles. The molecule has 30 heavy (non-hydrogen) atoms. The van der Waals surface area contributed by atoms with E-state index in [-0.39, 0.29) is 17.7 Å². The second-order valence-electron chi connectivity index (χ2n) is 7.71. The highest BCUT2D eigenvalue weighted by Crippen LogP contribution is 2.36. The number of fused-ring (bicyclic) bond motifs is 2. The van der Waals surface area contributed by atoms with E-state index in [9.17, 15) is 9.59 Å². The van der Waals surface area contributed by atoms with E-state index in [0.29, 0.717) is 25.0 Å². The van der Waals surface area contributed by atoms with Crippen molar-refractivity contribution in [3.05, 3.63) is 64.1 Å². The zero-order valence-electron chi connectivity index (χ0n) is 16.6. The molecule has 5 rings (SSSR count). The highest BCUT2D eigenvalue weighted by molar-refractivity contribution is 7.18. The Labute approximate surface area is 177 Å². The molecule has 1 saturated heterocycles. The average molecular weight is 422 g/mol. The number of piperidine rings is 1. The molecule has 2 aromatic heterocycles. The molecule has 0 saturated carbocycles. The third-order valence-electron chi connectivity index (χ3n) is 5.76. The van der Waals surface area contributed by atoms with Crippen molar-refractivity contribution in [2.75, 3.05) is 6.54 Å². The molecule has 0 spiro atoms. The number of rotatable bonds is 5. The number of oxazole rings is 1. The number of nitrogens with zero attached hydrogens (tertiary/aromatic N) is 3. The van der Waals surface area contributed by atoms with Gasteiger partial charge < -0.3 is 9.32 Å². The van der Waals surface area contributed by atoms with Crippen LogP contribution in [0.25, 0.3) is 21.3 Å². The number of carbonyl (C=O) groups excluding carboxylic acids is 1. The first-order valence-corrected chi connectivity index (χ1v) is 11.3. The summed E-state index contributed by atoms with van der Waals surface area (Å²) in [6.45, 7) is 1.25. The van der Waals surface area contributed by atoms with Crippen LogP contribution in [-0.4, -0.2) is 26.9 Å². The Morgan fingerprint density at radius 2 is 1.97 bits per heavy atom. The van der Waals surface area contributed by atoms with Crippen LogP contribution in [0.2, 0.25) is 0 Å². The molecule has 0 aliphatic carbocycles. The molecule has 1 unspecified atom stereocenters. The lowest BCUT2D eigenvalue weighted by molar-refractivity contribution is -0.135. The van der Waals surface area contributed by atoms with E-state index < -0.39 is 0 Å². The van der Waals surface area contributed by atoms with Gasteiger partial charge in [0.15, 0.2) is 5.58 Å². The van der Waals surface area contributed by atoms with E-state index in [0.717, 1.165) is 46.5 Å². The van der Waals surface area contributed by atoms with Gasteiger partial charge in [-0.05, 0) is 49.9 Å². The normalized spacial score (nSPS) is 17.1. The monoisotopic (exact) mass is 421 g/mol. The summed E-state index contributed by atoms with van der Waals surface area (Å²) >= 11 is 1.69. The van der Waals surface area contributed by atoms with E-state index in [4.69, 9.17) is 9.40 Å². The standard InChI is InChI=1S/C23H23N3O3S/c27-21(13-7-15-26-17-9-2-3-11-19(17)29-23(26)28)25-14-6-5-10-18(25)22-24-16-8-1-4-12-20(16)30-22/h1-4,8-9,11-12,18H,5-7,10,13-15H2. The third-order valence-corrected chi connectivity index (χ3v) is 6.90. The van der Waals surface area contributed by atoms with Crippen LogP contribution in [0.1, 0.15) is 43.2 Å². The lowest BCUT2D eigenvalue weighted by Gasteiger charge is -2.34. The van der Waals surface area contributed by atoms with Gasteiger partial charge >= 0.3 is 5.76 Å². The summed E-state index contributed by atoms with van der Waals surface area (Å²) in [7, 11) is 0. The fourth-order valence-electron chi connectivity index (χ4n) is 4.28. The van der Waals surface area contributed by atoms with Crippen LogP contribution in [0, 0.1) is 0 Å². The number of amides is 1. The van der Waals surface area contributed by atoms with Gasteiger partial charge in [-0.2, -0.15) is 0 Å². The van der Waals surface area contributed by atoms with Crippen LogP contribution in [0.5, 0.6) is 0 Å². The first kappa shape index (κ1) is 19.1. The molecular formula is C23H23N3O3S. The fourth-order valence-corrected chi connectivity index (χ4v) is 5.39. The minimum Gasteiger partial charge on any atom is -0.408 e. The molecule has 0 radical (unpaired) electrons. The minimum absolute atomic E-state index is 0.0566. The van der Waals surface area contributed by atoms with Gasteiger partial charge in [-0.3, -0.25) is 9.36 Å². The molecule has 1 fully saturated rings. The summed E-state index contributed by atoms with van der Waals surface area (Å²) in [6.07, 6.45) is 4.11. The lowest BCUT2D eigenvalue weighted by atomic mass is 10.0. The van der Waals surface area contributed by atoms with Gasteiger partial charge in [0.25, 0.3) is 0 Å². The van der Waals surface area contributed by atoms with Gasteiger partial charge in [-0.1, -0.05) is 24.3 Å². The average Bonchev–Trinajstić information content (AvgIpc) is 3.34. The molecule has 2 aromatic carbocycles. The number of likely N-dealkylation sites (tertiary alicyclic amines) is 1. The highest BCUT2D eigenvalue weighted by Gasteiger charge is 2.30. The largest absolute Gasteiger partial charge is 0.419 e. The summed E-state index contributed by atoms with van der Waals surface area (Å²) in [4.78, 5) is 32.0. The topological polar surface area (TPSA) is 68.3 Å². The lowest BCUT2D eigenvalue weighted by Crippen LogP contribution is -2.38. The Bertz CT molecular complexity index is 1220. The van der Waals surface area contributed by atoms with Crippen molar-refractivity contribution in [2.45, 2.75) is 44.7 Å². The second-order valence-corrected chi connectivity index (χ2v) is 8.77. The number of hydrogen-bond acceptors (Lipinski definition) is 5. The Morgan fingerprint density at radius 1 is 1.13 bits per heavy atom. The quantitative estimate of drug-likeness (QED) is 0.467. The first-order valence-electron chi connectivity index (χ1n) is 10.4. The molecule has 1 atom stereocenters. The van der Waals surface area contributed by atoms with Crippen LogP contribution in [-0.2, 0) is 11.3 Å². The molecule has 1 aliphatic rings. The number of hydrogen-bond donors (Lipinski definition) is 0. The molecule has 7 heteroatoms. The van der Waals surface area contributed by atoms with Gasteiger partial charge in [0.2, 0.25) is 5.91 Å². The van der Waals surface area contributed by atoms with Crippen molar-refractivity contribution < 1.29 is 9.21 Å². The smallest absolute Gasteiger partial charge is 0.408 e. The Morgan fingerprint density at radius 3 is 2.87 bits per heavy atom. The molecule has 1 aliphatic heterocycles. The number of aryl methyl sites for hydroxylation is 1. The van der Waals surface area contributed by atoms with Crippen LogP contribution in [0.4, 0.5) is 0 Å². The van der Waals surface area contributed by atoms with Crippen LogP contribution in [0.3, 0.4) is 0 Å². The summed E-state index contributed by atoms with van der Waals surface area (Å²) in [5.41, 5.74) is 2.36. The Kier molecular flexibility index (Phi) is 5.12. The second kappa shape index (κ2) is 8.07. The van der Waals surface area contributed by atoms with Crippen LogP contribution < -0.4 is 5.76 Å². The maximum atomic E-state index is 13.1. The van der Waals surface area contributed by atoms with Crippen LogP contribution >= 0.6 is 11.3 Å². The number of aromatic nitrogens is 2. The van der Waals surface area contributed by atoms with Gasteiger partial charge in [0.1, 0.15) is 5.01 Å². The third kappa shape index (κ3) is 3.54. The predicted octanol–water partition coefficient (Wildman–Crippen LogP) is 4.74. The van der Waals surface area contributed by atoms with Crippen molar-refractivity contribution in [1.29, 1.82) is 0 Å². The van der Waals surface area contributed by atoms with Crippen molar-refractivity contribution >= 4 is 38.6 Å². The number of benzene rings is 2. The van der Waals surface area contributed by atoms with E-state index in [1.165, 1.54) is 0 Å². The molecule has 154 valence electrons. The van der Waals surface area contributed by atoms with Gasteiger partial charge in [-0.25, -0.2) is 9.78 Å². The summed E-state index contributed by atoms with van der Waals surface area (Å²) < 4.78 is 8.06. The summed E-state index contributed by atoms with van der Waals surface area (Å²) in [5, 5.41) is 1.03. The molecule has 4 aromatic rings. The molecule has 1 amide bonds. The molecule has 0 N–H and O–H groups in total. The Hall–Kier alpha value is -2.93. The van der Waals surface area contributed by atoms with Crippen molar-refractivity contribution in [2.24, 2.45) is 0 Å².